The number of thioether (sulfide) groups is 1. The maximum absolute atomic E-state index is 12.4. The molecule has 0 aliphatic carbocycles. The van der Waals surface area contributed by atoms with Gasteiger partial charge in [-0.05, 0) is 36.2 Å². The number of carbonyl (C=O) groups excluding carboxylic acids is 2. The van der Waals surface area contributed by atoms with E-state index >= 15 is 0 Å². The Hall–Kier alpha value is -3.40. The number of amidine groups is 1. The second-order valence-electron chi connectivity index (χ2n) is 6.38. The Morgan fingerprint density at radius 3 is 2.80 bits per heavy atom. The summed E-state index contributed by atoms with van der Waals surface area (Å²) < 4.78 is 0. The number of pyridine rings is 1. The summed E-state index contributed by atoms with van der Waals surface area (Å²) in [5, 5.41) is 18.0. The Kier molecular flexibility index (Phi) is 7.39. The summed E-state index contributed by atoms with van der Waals surface area (Å²) in [4.78, 5) is 43.8. The van der Waals surface area contributed by atoms with Gasteiger partial charge in [0.25, 0.3) is 5.91 Å². The molecule has 0 saturated carbocycles. The third-order valence-electron chi connectivity index (χ3n) is 4.13. The second-order valence-corrected chi connectivity index (χ2v) is 7.46. The van der Waals surface area contributed by atoms with Crippen LogP contribution in [0.15, 0.2) is 47.6 Å². The summed E-state index contributed by atoms with van der Waals surface area (Å²) in [5.74, 6) is -0.546. The van der Waals surface area contributed by atoms with Crippen molar-refractivity contribution in [3.05, 3.63) is 53.7 Å². The number of hydrogen-bond donors (Lipinski definition) is 4. The van der Waals surface area contributed by atoms with Gasteiger partial charge in [-0.15, -0.1) is 0 Å². The minimum absolute atomic E-state index is 0.0688. The Balaban J connectivity index is 1.54. The standard InChI is InChI=1S/C20H21N5O4S/c26-16(25-18-13(4-2-8-21-18)6-7-17(27)28)12-23-19(29)14-3-1-5-15(11-14)24-20-22-9-10-30-20/h1-5,8,11H,6-7,9-10,12H2,(H,22,24)(H,23,29)(H,27,28)(H,21,25,26). The lowest BCUT2D eigenvalue weighted by molar-refractivity contribution is -0.136. The number of hydrogen-bond acceptors (Lipinski definition) is 7. The molecule has 0 radical (unpaired) electrons. The number of aliphatic carboxylic acids is 1. The number of anilines is 2. The van der Waals surface area contributed by atoms with Gasteiger partial charge in [0.2, 0.25) is 5.91 Å². The largest absolute Gasteiger partial charge is 0.481 e. The average molecular weight is 427 g/mol. The van der Waals surface area contributed by atoms with Gasteiger partial charge in [-0.1, -0.05) is 23.9 Å². The van der Waals surface area contributed by atoms with Crippen LogP contribution in [0.3, 0.4) is 0 Å². The Labute approximate surface area is 177 Å². The van der Waals surface area contributed by atoms with E-state index in [1.165, 1.54) is 6.20 Å². The fourth-order valence-corrected chi connectivity index (χ4v) is 3.45. The average Bonchev–Trinajstić information content (AvgIpc) is 3.24. The quantitative estimate of drug-likeness (QED) is 0.506. The van der Waals surface area contributed by atoms with Crippen molar-refractivity contribution in [3.63, 3.8) is 0 Å². The third-order valence-corrected chi connectivity index (χ3v) is 5.02. The van der Waals surface area contributed by atoms with Crippen molar-refractivity contribution in [1.82, 2.24) is 10.3 Å². The molecule has 9 nitrogen and oxygen atoms in total. The highest BCUT2D eigenvalue weighted by atomic mass is 32.2. The normalized spacial score (nSPS) is 12.7. The molecular weight excluding hydrogens is 406 g/mol. The Morgan fingerprint density at radius 2 is 2.03 bits per heavy atom. The lowest BCUT2D eigenvalue weighted by Crippen LogP contribution is -2.33. The Bertz CT molecular complexity index is 979. The number of benzene rings is 1. The van der Waals surface area contributed by atoms with Crippen LogP contribution in [0.2, 0.25) is 0 Å². The number of amides is 2. The van der Waals surface area contributed by atoms with Gasteiger partial charge in [-0.25, -0.2) is 4.98 Å². The highest BCUT2D eigenvalue weighted by Crippen LogP contribution is 2.17. The summed E-state index contributed by atoms with van der Waals surface area (Å²) in [5.41, 5.74) is 1.78. The molecule has 1 aliphatic heterocycles. The predicted octanol–water partition coefficient (Wildman–Crippen LogP) is 1.98. The van der Waals surface area contributed by atoms with Crippen molar-refractivity contribution < 1.29 is 19.5 Å². The molecule has 30 heavy (non-hydrogen) atoms. The first kappa shape index (κ1) is 21.3. The molecule has 1 aromatic carbocycles. The molecule has 0 fully saturated rings. The number of aliphatic imine (C=N–C) groups is 1. The highest BCUT2D eigenvalue weighted by molar-refractivity contribution is 8.14. The molecule has 10 heteroatoms. The van der Waals surface area contributed by atoms with E-state index in [2.05, 4.69) is 25.9 Å². The zero-order valence-electron chi connectivity index (χ0n) is 16.1. The number of nitrogens with one attached hydrogen (secondary N) is 3. The molecule has 0 unspecified atom stereocenters. The number of carboxylic acids is 1. The minimum Gasteiger partial charge on any atom is -0.481 e. The van der Waals surface area contributed by atoms with Crippen LogP contribution in [-0.4, -0.2) is 51.9 Å². The van der Waals surface area contributed by atoms with Gasteiger partial charge in [0.05, 0.1) is 13.1 Å². The summed E-state index contributed by atoms with van der Waals surface area (Å²) in [7, 11) is 0. The molecule has 2 amide bonds. The molecule has 2 heterocycles. The van der Waals surface area contributed by atoms with Crippen molar-refractivity contribution in [2.24, 2.45) is 4.99 Å². The molecule has 4 N–H and O–H groups in total. The summed E-state index contributed by atoms with van der Waals surface area (Å²) >= 11 is 1.62. The van der Waals surface area contributed by atoms with E-state index in [0.29, 0.717) is 16.9 Å². The smallest absolute Gasteiger partial charge is 0.303 e. The van der Waals surface area contributed by atoms with Crippen LogP contribution in [-0.2, 0) is 16.0 Å². The van der Waals surface area contributed by atoms with Gasteiger partial charge >= 0.3 is 5.97 Å². The molecular formula is C20H21N5O4S. The fraction of sp³-hybridized carbons (Fsp3) is 0.250. The van der Waals surface area contributed by atoms with E-state index in [0.717, 1.165) is 23.2 Å². The van der Waals surface area contributed by atoms with Crippen molar-refractivity contribution in [2.75, 3.05) is 29.5 Å². The summed E-state index contributed by atoms with van der Waals surface area (Å²) in [6.07, 6.45) is 1.68. The van der Waals surface area contributed by atoms with Gasteiger partial charge in [0.15, 0.2) is 5.17 Å². The van der Waals surface area contributed by atoms with Gasteiger partial charge < -0.3 is 21.1 Å². The molecule has 0 saturated heterocycles. The number of aromatic nitrogens is 1. The second kappa shape index (κ2) is 10.4. The minimum atomic E-state index is -0.932. The van der Waals surface area contributed by atoms with Crippen molar-refractivity contribution >= 4 is 46.2 Å². The lowest BCUT2D eigenvalue weighted by Gasteiger charge is -2.11. The lowest BCUT2D eigenvalue weighted by atomic mass is 10.1. The van der Waals surface area contributed by atoms with E-state index in [-0.39, 0.29) is 25.3 Å². The first-order chi connectivity index (χ1) is 14.5. The van der Waals surface area contributed by atoms with Crippen molar-refractivity contribution in [3.8, 4) is 0 Å². The first-order valence-electron chi connectivity index (χ1n) is 9.29. The third kappa shape index (κ3) is 6.31. The van der Waals surface area contributed by atoms with E-state index in [1.807, 2.05) is 6.07 Å². The van der Waals surface area contributed by atoms with Crippen LogP contribution < -0.4 is 16.0 Å². The topological polar surface area (TPSA) is 133 Å². The van der Waals surface area contributed by atoms with E-state index in [1.54, 1.807) is 42.1 Å². The highest BCUT2D eigenvalue weighted by Gasteiger charge is 2.13. The molecule has 0 atom stereocenters. The number of nitrogens with zero attached hydrogens (tertiary/aromatic N) is 2. The van der Waals surface area contributed by atoms with Crippen molar-refractivity contribution in [1.29, 1.82) is 0 Å². The van der Waals surface area contributed by atoms with Crippen LogP contribution in [0.1, 0.15) is 22.3 Å². The number of carbonyl (C=O) groups is 3. The number of rotatable bonds is 8. The number of aryl methyl sites for hydroxylation is 1. The number of carboxylic acid groups (broad SMARTS) is 1. The van der Waals surface area contributed by atoms with Crippen molar-refractivity contribution in [2.45, 2.75) is 12.8 Å². The molecule has 0 spiro atoms. The van der Waals surface area contributed by atoms with E-state index < -0.39 is 11.9 Å². The molecule has 1 aromatic heterocycles. The molecule has 156 valence electrons. The van der Waals surface area contributed by atoms with Crippen LogP contribution in [0.4, 0.5) is 11.5 Å². The maximum Gasteiger partial charge on any atom is 0.303 e. The molecule has 3 rings (SSSR count). The van der Waals surface area contributed by atoms with Crippen LogP contribution in [0.25, 0.3) is 0 Å². The molecule has 2 aromatic rings. The first-order valence-corrected chi connectivity index (χ1v) is 10.3. The zero-order valence-corrected chi connectivity index (χ0v) is 16.9. The maximum atomic E-state index is 12.4. The van der Waals surface area contributed by atoms with Gasteiger partial charge in [0.1, 0.15) is 5.82 Å². The summed E-state index contributed by atoms with van der Waals surface area (Å²) in [6, 6.07) is 10.3. The van der Waals surface area contributed by atoms with Crippen LogP contribution >= 0.6 is 11.8 Å². The van der Waals surface area contributed by atoms with Crippen LogP contribution in [0, 0.1) is 0 Å². The summed E-state index contributed by atoms with van der Waals surface area (Å²) in [6.45, 7) is 0.532. The van der Waals surface area contributed by atoms with E-state index in [4.69, 9.17) is 5.11 Å². The van der Waals surface area contributed by atoms with Gasteiger partial charge in [-0.3, -0.25) is 19.4 Å². The predicted molar refractivity (Wildman–Crippen MR) is 116 cm³/mol. The Morgan fingerprint density at radius 1 is 1.17 bits per heavy atom. The SMILES string of the molecule is O=C(O)CCc1cccnc1NC(=O)CNC(=O)c1cccc(NC2=NCCS2)c1. The molecule has 0 bridgehead atoms. The van der Waals surface area contributed by atoms with Crippen LogP contribution in [0.5, 0.6) is 0 Å². The van der Waals surface area contributed by atoms with E-state index in [9.17, 15) is 14.4 Å². The zero-order chi connectivity index (χ0) is 21.3. The van der Waals surface area contributed by atoms with Gasteiger partial charge in [0, 0.05) is 29.6 Å². The van der Waals surface area contributed by atoms with Gasteiger partial charge in [-0.2, -0.15) is 0 Å². The molecule has 1 aliphatic rings. The monoisotopic (exact) mass is 427 g/mol. The fourth-order valence-electron chi connectivity index (χ4n) is 2.71.